The quantitative estimate of drug-likeness (QED) is 0.259. The van der Waals surface area contributed by atoms with Crippen molar-refractivity contribution >= 4 is 43.9 Å². The first-order valence-electron chi connectivity index (χ1n) is 10.3. The van der Waals surface area contributed by atoms with Crippen molar-refractivity contribution in [1.82, 2.24) is 0 Å². The first-order chi connectivity index (χ1) is 14.5. The highest BCUT2D eigenvalue weighted by atomic mass is 16.3. The van der Waals surface area contributed by atoms with Gasteiger partial charge in [0, 0.05) is 21.5 Å². The monoisotopic (exact) mass is 392 g/mol. The van der Waals surface area contributed by atoms with Crippen LogP contribution in [0, 0.1) is 27.7 Å². The Morgan fingerprint density at radius 3 is 1.73 bits per heavy atom. The average Bonchev–Trinajstić information content (AvgIpc) is 3.26. The Morgan fingerprint density at radius 1 is 0.467 bits per heavy atom. The fraction of sp³-hybridized carbons (Fsp3) is 0.143. The molecule has 0 aliphatic heterocycles. The minimum absolute atomic E-state index is 0.973. The number of fused-ring (bicyclic) bond motifs is 6. The summed E-state index contributed by atoms with van der Waals surface area (Å²) < 4.78 is 11.7. The van der Waals surface area contributed by atoms with E-state index < -0.39 is 0 Å². The molecular formula is C28H24O2. The molecule has 0 saturated carbocycles. The summed E-state index contributed by atoms with van der Waals surface area (Å²) in [5.41, 5.74) is 8.92. The van der Waals surface area contributed by atoms with Crippen molar-refractivity contribution < 1.29 is 8.83 Å². The normalized spacial score (nSPS) is 11.3. The maximum Gasteiger partial charge on any atom is 0.138 e. The molecule has 6 rings (SSSR count). The summed E-state index contributed by atoms with van der Waals surface area (Å²) in [6.45, 7) is 8.38. The zero-order chi connectivity index (χ0) is 20.8. The second-order valence-electron chi connectivity index (χ2n) is 8.16. The summed E-state index contributed by atoms with van der Waals surface area (Å²) in [6, 6.07) is 25.2. The Kier molecular flexibility index (Phi) is 4.36. The van der Waals surface area contributed by atoms with Gasteiger partial charge in [0.1, 0.15) is 22.3 Å². The van der Waals surface area contributed by atoms with Crippen LogP contribution < -0.4 is 0 Å². The molecular weight excluding hydrogens is 368 g/mol. The highest BCUT2D eigenvalue weighted by Crippen LogP contribution is 2.31. The molecule has 0 fully saturated rings. The summed E-state index contributed by atoms with van der Waals surface area (Å²) in [6.07, 6.45) is 0. The van der Waals surface area contributed by atoms with E-state index in [-0.39, 0.29) is 0 Å². The van der Waals surface area contributed by atoms with Gasteiger partial charge in [0.15, 0.2) is 0 Å². The van der Waals surface area contributed by atoms with E-state index in [1.165, 1.54) is 43.8 Å². The maximum atomic E-state index is 5.84. The summed E-state index contributed by atoms with van der Waals surface area (Å²) >= 11 is 0. The van der Waals surface area contributed by atoms with Crippen molar-refractivity contribution in [2.45, 2.75) is 27.7 Å². The molecule has 0 unspecified atom stereocenters. The molecule has 0 saturated heterocycles. The van der Waals surface area contributed by atoms with Crippen LogP contribution in [0.2, 0.25) is 0 Å². The molecule has 2 nitrogen and oxygen atoms in total. The van der Waals surface area contributed by atoms with E-state index in [9.17, 15) is 0 Å². The number of benzene rings is 4. The summed E-state index contributed by atoms with van der Waals surface area (Å²) in [5.74, 6) is 0. The predicted octanol–water partition coefficient (Wildman–Crippen LogP) is 8.41. The molecule has 2 heterocycles. The predicted molar refractivity (Wildman–Crippen MR) is 126 cm³/mol. The minimum atomic E-state index is 0.973. The zero-order valence-corrected chi connectivity index (χ0v) is 17.7. The number of para-hydroxylation sites is 1. The lowest BCUT2D eigenvalue weighted by atomic mass is 10.1. The van der Waals surface area contributed by atoms with Gasteiger partial charge >= 0.3 is 0 Å². The van der Waals surface area contributed by atoms with E-state index in [0.717, 1.165) is 22.3 Å². The van der Waals surface area contributed by atoms with Crippen LogP contribution >= 0.6 is 0 Å². The van der Waals surface area contributed by atoms with E-state index in [1.54, 1.807) is 0 Å². The van der Waals surface area contributed by atoms with Crippen molar-refractivity contribution in [3.8, 4) is 0 Å². The van der Waals surface area contributed by atoms with Gasteiger partial charge in [-0.05, 0) is 74.2 Å². The van der Waals surface area contributed by atoms with Crippen molar-refractivity contribution in [3.63, 3.8) is 0 Å². The van der Waals surface area contributed by atoms with Crippen molar-refractivity contribution in [1.29, 1.82) is 0 Å². The van der Waals surface area contributed by atoms with Gasteiger partial charge in [-0.25, -0.2) is 0 Å². The van der Waals surface area contributed by atoms with Crippen LogP contribution in [0.25, 0.3) is 43.9 Å². The van der Waals surface area contributed by atoms with Gasteiger partial charge < -0.3 is 8.83 Å². The number of hydrogen-bond acceptors (Lipinski definition) is 2. The summed E-state index contributed by atoms with van der Waals surface area (Å²) in [4.78, 5) is 0. The van der Waals surface area contributed by atoms with Crippen LogP contribution in [-0.4, -0.2) is 0 Å². The van der Waals surface area contributed by atoms with Crippen molar-refractivity contribution in [2.24, 2.45) is 0 Å². The third-order valence-electron chi connectivity index (χ3n) is 5.59. The number of rotatable bonds is 0. The highest BCUT2D eigenvalue weighted by Gasteiger charge is 2.08. The van der Waals surface area contributed by atoms with Gasteiger partial charge in [-0.1, -0.05) is 48.5 Å². The zero-order valence-electron chi connectivity index (χ0n) is 17.7. The molecule has 148 valence electrons. The van der Waals surface area contributed by atoms with Gasteiger partial charge in [-0.2, -0.15) is 0 Å². The van der Waals surface area contributed by atoms with Crippen molar-refractivity contribution in [2.75, 3.05) is 0 Å². The van der Waals surface area contributed by atoms with Crippen LogP contribution in [0.5, 0.6) is 0 Å². The standard InChI is InChI=1S/2C14H12O/c1-9-3-5-11-12-6-4-10(2)8-14(12)15-13(11)7-9;1-9-7-10(2)14-12(8-9)11-5-3-4-6-13(11)15-14/h2*3-8H,1-2H3. The molecule has 2 aromatic heterocycles. The molecule has 4 aromatic carbocycles. The molecule has 0 aliphatic carbocycles. The lowest BCUT2D eigenvalue weighted by Gasteiger charge is -1.96. The van der Waals surface area contributed by atoms with Gasteiger partial charge in [0.05, 0.1) is 0 Å². The van der Waals surface area contributed by atoms with Crippen molar-refractivity contribution in [3.05, 3.63) is 95.1 Å². The van der Waals surface area contributed by atoms with E-state index >= 15 is 0 Å². The SMILES string of the molecule is Cc1cc(C)c2oc3ccccc3c2c1.Cc1ccc2c(c1)oc1cc(C)ccc12. The molecule has 0 spiro atoms. The Bertz CT molecular complexity index is 1470. The van der Waals surface area contributed by atoms with Gasteiger partial charge in [0.25, 0.3) is 0 Å². The Balaban J connectivity index is 0.000000128. The van der Waals surface area contributed by atoms with Gasteiger partial charge in [-0.3, -0.25) is 0 Å². The average molecular weight is 392 g/mol. The lowest BCUT2D eigenvalue weighted by Crippen LogP contribution is -1.76. The molecule has 0 bridgehead atoms. The molecule has 0 atom stereocenters. The van der Waals surface area contributed by atoms with E-state index in [4.69, 9.17) is 8.83 Å². The van der Waals surface area contributed by atoms with Crippen LogP contribution in [0.1, 0.15) is 22.3 Å². The third kappa shape index (κ3) is 3.15. The molecule has 0 amide bonds. The third-order valence-corrected chi connectivity index (χ3v) is 5.59. The lowest BCUT2D eigenvalue weighted by molar-refractivity contribution is 0.665. The van der Waals surface area contributed by atoms with Crippen LogP contribution in [0.3, 0.4) is 0 Å². The highest BCUT2D eigenvalue weighted by molar-refractivity contribution is 6.06. The molecule has 0 N–H and O–H groups in total. The van der Waals surface area contributed by atoms with Crippen LogP contribution in [0.4, 0.5) is 0 Å². The van der Waals surface area contributed by atoms with Crippen LogP contribution in [0.15, 0.2) is 81.6 Å². The summed E-state index contributed by atoms with van der Waals surface area (Å²) in [7, 11) is 0. The second-order valence-corrected chi connectivity index (χ2v) is 8.16. The smallest absolute Gasteiger partial charge is 0.138 e. The fourth-order valence-electron chi connectivity index (χ4n) is 4.17. The molecule has 30 heavy (non-hydrogen) atoms. The van der Waals surface area contributed by atoms with Gasteiger partial charge in [0.2, 0.25) is 0 Å². The molecule has 2 heteroatoms. The Morgan fingerprint density at radius 2 is 1.07 bits per heavy atom. The van der Waals surface area contributed by atoms with Crippen LogP contribution in [-0.2, 0) is 0 Å². The number of furan rings is 2. The topological polar surface area (TPSA) is 26.3 Å². The first-order valence-corrected chi connectivity index (χ1v) is 10.3. The van der Waals surface area contributed by atoms with Gasteiger partial charge in [-0.15, -0.1) is 0 Å². The summed E-state index contributed by atoms with van der Waals surface area (Å²) in [5, 5.41) is 4.84. The minimum Gasteiger partial charge on any atom is -0.456 e. The Hall–Kier alpha value is -3.52. The number of hydrogen-bond donors (Lipinski definition) is 0. The maximum absolute atomic E-state index is 5.84. The largest absolute Gasteiger partial charge is 0.456 e. The molecule has 0 aliphatic rings. The first kappa shape index (κ1) is 18.5. The van der Waals surface area contributed by atoms with E-state index in [1.807, 2.05) is 12.1 Å². The number of aryl methyl sites for hydroxylation is 4. The molecule has 6 aromatic rings. The second kappa shape index (κ2) is 7.07. The Labute approximate surface area is 175 Å². The fourth-order valence-corrected chi connectivity index (χ4v) is 4.17. The van der Waals surface area contributed by atoms with E-state index in [2.05, 4.69) is 88.4 Å². The van der Waals surface area contributed by atoms with E-state index in [0.29, 0.717) is 0 Å². The molecule has 0 radical (unpaired) electrons.